The summed E-state index contributed by atoms with van der Waals surface area (Å²) < 4.78 is 249. The van der Waals surface area contributed by atoms with Crippen molar-refractivity contribution in [3.05, 3.63) is 40.0 Å². The molecule has 0 radical (unpaired) electrons. The molecule has 0 fully saturated rings. The second kappa shape index (κ2) is 6.03. The van der Waals surface area contributed by atoms with Crippen LogP contribution >= 0.6 is 0 Å². The first-order chi connectivity index (χ1) is 14.4. The van der Waals surface area contributed by atoms with E-state index in [1.807, 2.05) is 0 Å². The Morgan fingerprint density at radius 3 is 1.24 bits per heavy atom. The molecule has 2 aliphatic rings. The Morgan fingerprint density at radius 2 is 0.848 bits per heavy atom. The molecule has 0 spiro atoms. The van der Waals surface area contributed by atoms with Crippen molar-refractivity contribution in [1.29, 1.82) is 0 Å². The van der Waals surface area contributed by atoms with E-state index in [1.54, 1.807) is 0 Å². The lowest BCUT2D eigenvalue weighted by Gasteiger charge is -2.46. The molecule has 0 amide bonds. The van der Waals surface area contributed by atoms with Crippen molar-refractivity contribution in [1.82, 2.24) is 0 Å². The molecule has 1 aromatic rings. The molecule has 3 rings (SSSR count). The number of alkyl halides is 14. The fourth-order valence-electron chi connectivity index (χ4n) is 3.80. The molecule has 18 heteroatoms. The Kier molecular flexibility index (Phi) is 4.63. The molecule has 0 saturated heterocycles. The average molecular weight is 522 g/mol. The Labute approximate surface area is 167 Å². The van der Waals surface area contributed by atoms with Gasteiger partial charge >= 0.3 is 36.0 Å². The third-order valence-corrected chi connectivity index (χ3v) is 5.18. The van der Waals surface area contributed by atoms with Gasteiger partial charge in [-0.05, 0) is 0 Å². The molecule has 186 valence electrons. The highest BCUT2D eigenvalue weighted by Crippen LogP contribution is 2.75. The van der Waals surface area contributed by atoms with Gasteiger partial charge in [0, 0.05) is 22.3 Å². The van der Waals surface area contributed by atoms with Gasteiger partial charge in [-0.1, -0.05) is 0 Å². The topological polar surface area (TPSA) is 0 Å². The molecule has 33 heavy (non-hydrogen) atoms. The standard InChI is InChI=1S/C15F18/c16-4-1-2(5(17)7(19)6(4)18)9(14(28,29)30,15(31,32)33)8-3(1)10(20,21)12(24,25)13(26,27)11(8,22)23. The van der Waals surface area contributed by atoms with Crippen molar-refractivity contribution >= 4 is 5.57 Å². The van der Waals surface area contributed by atoms with Crippen LogP contribution in [0.4, 0.5) is 79.0 Å². The van der Waals surface area contributed by atoms with Crippen LogP contribution in [0.25, 0.3) is 5.57 Å². The zero-order valence-corrected chi connectivity index (χ0v) is 14.3. The summed E-state index contributed by atoms with van der Waals surface area (Å²) in [5.74, 6) is -44.6. The third kappa shape index (κ3) is 2.34. The van der Waals surface area contributed by atoms with Gasteiger partial charge in [0.05, 0.1) is 0 Å². The maximum Gasteiger partial charge on any atom is 0.411 e. The summed E-state index contributed by atoms with van der Waals surface area (Å²) >= 11 is 0. The van der Waals surface area contributed by atoms with E-state index in [2.05, 4.69) is 0 Å². The predicted molar refractivity (Wildman–Crippen MR) is 66.8 cm³/mol. The maximum atomic E-state index is 14.3. The molecule has 1 aromatic carbocycles. The van der Waals surface area contributed by atoms with Crippen LogP contribution in [-0.2, 0) is 5.41 Å². The van der Waals surface area contributed by atoms with E-state index >= 15 is 0 Å². The maximum absolute atomic E-state index is 14.3. The first-order valence-corrected chi connectivity index (χ1v) is 7.65. The van der Waals surface area contributed by atoms with Crippen LogP contribution in [0.5, 0.6) is 0 Å². The van der Waals surface area contributed by atoms with Gasteiger partial charge in [0.25, 0.3) is 0 Å². The lowest BCUT2D eigenvalue weighted by molar-refractivity contribution is -0.363. The van der Waals surface area contributed by atoms with E-state index in [9.17, 15) is 79.0 Å². The summed E-state index contributed by atoms with van der Waals surface area (Å²) in [5.41, 5.74) is -23.3. The van der Waals surface area contributed by atoms with Gasteiger partial charge in [0.2, 0.25) is 5.41 Å². The molecule has 0 atom stereocenters. The molecule has 0 bridgehead atoms. The van der Waals surface area contributed by atoms with E-state index in [0.717, 1.165) is 0 Å². The molecule has 0 saturated carbocycles. The van der Waals surface area contributed by atoms with Gasteiger partial charge in [0.1, 0.15) is 0 Å². The SMILES string of the molecule is Fc1c(F)c(F)c2c(c1F)C1=C(C(F)(F)C(F)(F)C(F)(F)C1(F)F)C2(C(F)(F)F)C(F)(F)F. The Balaban J connectivity index is 2.84. The van der Waals surface area contributed by atoms with E-state index in [0.29, 0.717) is 0 Å². The van der Waals surface area contributed by atoms with Crippen LogP contribution in [0.15, 0.2) is 5.57 Å². The van der Waals surface area contributed by atoms with E-state index < -0.39 is 87.0 Å². The zero-order chi connectivity index (χ0) is 26.1. The summed E-state index contributed by atoms with van der Waals surface area (Å²) in [6.45, 7) is 0. The number of rotatable bonds is 0. The smallest absolute Gasteiger partial charge is 0.203 e. The van der Waals surface area contributed by atoms with Crippen LogP contribution in [0, 0.1) is 23.3 Å². The normalized spacial score (nSPS) is 24.5. The fraction of sp³-hybridized carbons (Fsp3) is 0.467. The lowest BCUT2D eigenvalue weighted by atomic mass is 9.68. The van der Waals surface area contributed by atoms with Crippen LogP contribution < -0.4 is 0 Å². The van der Waals surface area contributed by atoms with Crippen molar-refractivity contribution < 1.29 is 79.0 Å². The quantitative estimate of drug-likeness (QED) is 0.197. The van der Waals surface area contributed by atoms with E-state index in [-0.39, 0.29) is 0 Å². The number of benzene rings is 1. The van der Waals surface area contributed by atoms with Crippen molar-refractivity contribution in [2.75, 3.05) is 0 Å². The summed E-state index contributed by atoms with van der Waals surface area (Å²) in [5, 5.41) is 0. The first kappa shape index (κ1) is 25.3. The second-order valence-corrected chi connectivity index (χ2v) is 6.80. The molecular weight excluding hydrogens is 522 g/mol. The Morgan fingerprint density at radius 1 is 0.485 bits per heavy atom. The lowest BCUT2D eigenvalue weighted by Crippen LogP contribution is -2.70. The average Bonchev–Trinajstić information content (AvgIpc) is 2.97. The minimum atomic E-state index is -7.73. The monoisotopic (exact) mass is 522 g/mol. The number of allylic oxidation sites excluding steroid dienone is 2. The summed E-state index contributed by atoms with van der Waals surface area (Å²) in [4.78, 5) is 0. The van der Waals surface area contributed by atoms with Gasteiger partial charge in [0.15, 0.2) is 23.3 Å². The molecule has 2 aliphatic carbocycles. The molecule has 0 aliphatic heterocycles. The highest BCUT2D eigenvalue weighted by atomic mass is 19.4. The fourth-order valence-corrected chi connectivity index (χ4v) is 3.80. The highest BCUT2D eigenvalue weighted by Gasteiger charge is 2.93. The molecule has 0 nitrogen and oxygen atoms in total. The van der Waals surface area contributed by atoms with E-state index in [4.69, 9.17) is 0 Å². The van der Waals surface area contributed by atoms with Crippen LogP contribution in [-0.4, -0.2) is 36.0 Å². The molecule has 0 unspecified atom stereocenters. The second-order valence-electron chi connectivity index (χ2n) is 6.80. The summed E-state index contributed by atoms with van der Waals surface area (Å²) in [7, 11) is 0. The van der Waals surface area contributed by atoms with Crippen molar-refractivity contribution in [3.8, 4) is 0 Å². The Hall–Kier alpha value is -2.30. The number of hydrogen-bond donors (Lipinski definition) is 0. The number of fused-ring (bicyclic) bond motifs is 2. The van der Waals surface area contributed by atoms with Crippen molar-refractivity contribution in [2.24, 2.45) is 0 Å². The van der Waals surface area contributed by atoms with Gasteiger partial charge < -0.3 is 0 Å². The molecule has 0 aromatic heterocycles. The number of hydrogen-bond acceptors (Lipinski definition) is 0. The first-order valence-electron chi connectivity index (χ1n) is 7.65. The minimum Gasteiger partial charge on any atom is -0.203 e. The van der Waals surface area contributed by atoms with E-state index in [1.165, 1.54) is 0 Å². The largest absolute Gasteiger partial charge is 0.411 e. The van der Waals surface area contributed by atoms with Crippen molar-refractivity contribution in [2.45, 2.75) is 41.5 Å². The van der Waals surface area contributed by atoms with Crippen molar-refractivity contribution in [3.63, 3.8) is 0 Å². The summed E-state index contributed by atoms with van der Waals surface area (Å²) in [6.07, 6.45) is -15.3. The van der Waals surface area contributed by atoms with Gasteiger partial charge in [-0.15, -0.1) is 0 Å². The predicted octanol–water partition coefficient (Wildman–Crippen LogP) is 6.93. The van der Waals surface area contributed by atoms with Gasteiger partial charge in [-0.3, -0.25) is 0 Å². The minimum absolute atomic E-state index is 3.47. The highest BCUT2D eigenvalue weighted by molar-refractivity contribution is 5.89. The van der Waals surface area contributed by atoms with Gasteiger partial charge in [-0.25, -0.2) is 17.6 Å². The summed E-state index contributed by atoms with van der Waals surface area (Å²) in [6, 6.07) is 0. The Bertz CT molecular complexity index is 1070. The van der Waals surface area contributed by atoms with Crippen LogP contribution in [0.2, 0.25) is 0 Å². The third-order valence-electron chi connectivity index (χ3n) is 5.18. The zero-order valence-electron chi connectivity index (χ0n) is 14.3. The molecule has 0 heterocycles. The molecular formula is C15F18. The van der Waals surface area contributed by atoms with Gasteiger partial charge in [-0.2, -0.15) is 61.5 Å². The number of halogens is 18. The van der Waals surface area contributed by atoms with Crippen LogP contribution in [0.3, 0.4) is 0 Å². The molecule has 0 N–H and O–H groups in total. The van der Waals surface area contributed by atoms with Crippen LogP contribution in [0.1, 0.15) is 11.1 Å².